The molecule has 82 valence electrons. The minimum absolute atomic E-state index is 0.899. The van der Waals surface area contributed by atoms with E-state index in [0.717, 1.165) is 10.9 Å². The van der Waals surface area contributed by atoms with E-state index in [1.807, 2.05) is 26.0 Å². The Kier molecular flexibility index (Phi) is 8.02. The van der Waals surface area contributed by atoms with Crippen LogP contribution in [0, 0.1) is 0 Å². The summed E-state index contributed by atoms with van der Waals surface area (Å²) >= 11 is 3.41. The zero-order valence-corrected chi connectivity index (χ0v) is 11.3. The van der Waals surface area contributed by atoms with Crippen LogP contribution in [0.3, 0.4) is 0 Å². The molecule has 0 nitrogen and oxygen atoms in total. The van der Waals surface area contributed by atoms with E-state index >= 15 is 0 Å². The average Bonchev–Trinajstić information content (AvgIpc) is 2.20. The van der Waals surface area contributed by atoms with Gasteiger partial charge in [-0.05, 0) is 42.8 Å². The predicted octanol–water partition coefficient (Wildman–Crippen LogP) is 5.31. The fraction of sp³-hybridized carbons (Fsp3) is 0.286. The van der Waals surface area contributed by atoms with E-state index in [0.29, 0.717) is 0 Å². The van der Waals surface area contributed by atoms with E-state index < -0.39 is 0 Å². The molecule has 0 fully saturated rings. The molecular weight excluding hydrogens is 248 g/mol. The third-order valence-corrected chi connectivity index (χ3v) is 2.19. The molecular formula is C14H19Br. The number of rotatable bonds is 5. The standard InChI is InChI=1S/C14H19Br/c1-5-7-9-12(3)14(8-6-2)11-10-13(4)15/h5-7,9-11H,2,8H2,1,3-4H3/b7-5-,12-9+,13-10+,14-11+. The van der Waals surface area contributed by atoms with Gasteiger partial charge in [0, 0.05) is 0 Å². The van der Waals surface area contributed by atoms with Gasteiger partial charge < -0.3 is 0 Å². The Hall–Kier alpha value is -0.820. The summed E-state index contributed by atoms with van der Waals surface area (Å²) in [6.07, 6.45) is 13.2. The molecule has 1 heteroatoms. The third-order valence-electron chi connectivity index (χ3n) is 1.92. The van der Waals surface area contributed by atoms with Crippen LogP contribution in [0.5, 0.6) is 0 Å². The SMILES string of the molecule is C=CCC(=C\C=C(/C)Br)/C(C)=C/C=C\C. The van der Waals surface area contributed by atoms with Gasteiger partial charge in [-0.25, -0.2) is 0 Å². The van der Waals surface area contributed by atoms with Crippen molar-refractivity contribution >= 4 is 15.9 Å². The van der Waals surface area contributed by atoms with Crippen LogP contribution >= 0.6 is 15.9 Å². The molecule has 0 N–H and O–H groups in total. The van der Waals surface area contributed by atoms with E-state index in [4.69, 9.17) is 0 Å². The topological polar surface area (TPSA) is 0 Å². The fourth-order valence-electron chi connectivity index (χ4n) is 1.08. The monoisotopic (exact) mass is 266 g/mol. The molecule has 0 saturated carbocycles. The van der Waals surface area contributed by atoms with Gasteiger partial charge in [0.2, 0.25) is 0 Å². The first-order valence-electron chi connectivity index (χ1n) is 5.05. The highest BCUT2D eigenvalue weighted by Crippen LogP contribution is 2.15. The highest BCUT2D eigenvalue weighted by atomic mass is 79.9. The van der Waals surface area contributed by atoms with E-state index in [9.17, 15) is 0 Å². The molecule has 0 amide bonds. The summed E-state index contributed by atoms with van der Waals surface area (Å²) in [5, 5.41) is 0. The van der Waals surface area contributed by atoms with Crippen molar-refractivity contribution in [3.05, 3.63) is 58.7 Å². The molecule has 0 saturated heterocycles. The summed E-state index contributed by atoms with van der Waals surface area (Å²) < 4.78 is 1.13. The molecule has 0 rings (SSSR count). The second-order valence-electron chi connectivity index (χ2n) is 3.31. The summed E-state index contributed by atoms with van der Waals surface area (Å²) in [4.78, 5) is 0. The van der Waals surface area contributed by atoms with Crippen LogP contribution in [-0.2, 0) is 0 Å². The van der Waals surface area contributed by atoms with E-state index in [-0.39, 0.29) is 0 Å². The molecule has 0 aromatic carbocycles. The lowest BCUT2D eigenvalue weighted by Gasteiger charge is -2.03. The summed E-state index contributed by atoms with van der Waals surface area (Å²) in [6.45, 7) is 9.93. The van der Waals surface area contributed by atoms with Crippen LogP contribution in [0.4, 0.5) is 0 Å². The lowest BCUT2D eigenvalue weighted by Crippen LogP contribution is -1.83. The molecule has 0 bridgehead atoms. The summed E-state index contributed by atoms with van der Waals surface area (Å²) in [6, 6.07) is 0. The van der Waals surface area contributed by atoms with Crippen molar-refractivity contribution in [2.24, 2.45) is 0 Å². The van der Waals surface area contributed by atoms with Crippen LogP contribution in [0.15, 0.2) is 58.7 Å². The molecule has 0 heterocycles. The number of hydrogen-bond donors (Lipinski definition) is 0. The van der Waals surface area contributed by atoms with Crippen molar-refractivity contribution in [3.63, 3.8) is 0 Å². The number of hydrogen-bond acceptors (Lipinski definition) is 0. The number of allylic oxidation sites excluding steroid dienone is 9. The minimum atomic E-state index is 0.899. The normalized spacial score (nSPS) is 14.8. The van der Waals surface area contributed by atoms with Gasteiger partial charge in [-0.3, -0.25) is 0 Å². The minimum Gasteiger partial charge on any atom is -0.103 e. The van der Waals surface area contributed by atoms with Crippen LogP contribution < -0.4 is 0 Å². The van der Waals surface area contributed by atoms with Gasteiger partial charge in [0.1, 0.15) is 0 Å². The number of halogens is 1. The second kappa shape index (κ2) is 8.49. The first-order valence-corrected chi connectivity index (χ1v) is 5.85. The Balaban J connectivity index is 4.87. The van der Waals surface area contributed by atoms with Crippen molar-refractivity contribution in [1.29, 1.82) is 0 Å². The molecule has 0 atom stereocenters. The van der Waals surface area contributed by atoms with Gasteiger partial charge in [0.05, 0.1) is 0 Å². The maximum atomic E-state index is 3.77. The van der Waals surface area contributed by atoms with Gasteiger partial charge in [0.25, 0.3) is 0 Å². The van der Waals surface area contributed by atoms with Crippen molar-refractivity contribution < 1.29 is 0 Å². The predicted molar refractivity (Wildman–Crippen MR) is 74.2 cm³/mol. The smallest absolute Gasteiger partial charge is 0.00803 e. The van der Waals surface area contributed by atoms with E-state index in [1.54, 1.807) is 0 Å². The molecule has 0 aliphatic heterocycles. The molecule has 0 radical (unpaired) electrons. The van der Waals surface area contributed by atoms with Crippen LogP contribution in [0.25, 0.3) is 0 Å². The zero-order valence-electron chi connectivity index (χ0n) is 9.76. The van der Waals surface area contributed by atoms with Crippen molar-refractivity contribution in [2.45, 2.75) is 27.2 Å². The second-order valence-corrected chi connectivity index (χ2v) is 4.56. The van der Waals surface area contributed by atoms with Gasteiger partial charge in [0.15, 0.2) is 0 Å². The Morgan fingerprint density at radius 3 is 2.33 bits per heavy atom. The van der Waals surface area contributed by atoms with Crippen molar-refractivity contribution in [2.75, 3.05) is 0 Å². The van der Waals surface area contributed by atoms with E-state index in [2.05, 4.69) is 53.7 Å². The fourth-order valence-corrected chi connectivity index (χ4v) is 1.21. The molecule has 0 aliphatic carbocycles. The Morgan fingerprint density at radius 2 is 1.87 bits per heavy atom. The van der Waals surface area contributed by atoms with Gasteiger partial charge in [-0.1, -0.05) is 52.4 Å². The highest BCUT2D eigenvalue weighted by molar-refractivity contribution is 9.11. The maximum absolute atomic E-state index is 3.77. The molecule has 0 aromatic rings. The molecule has 0 aromatic heterocycles. The molecule has 0 spiro atoms. The van der Waals surface area contributed by atoms with E-state index in [1.165, 1.54) is 11.1 Å². The quantitative estimate of drug-likeness (QED) is 0.467. The maximum Gasteiger partial charge on any atom is -0.00803 e. The average molecular weight is 267 g/mol. The molecule has 0 unspecified atom stereocenters. The Morgan fingerprint density at radius 1 is 1.20 bits per heavy atom. The van der Waals surface area contributed by atoms with Gasteiger partial charge >= 0.3 is 0 Å². The first kappa shape index (κ1) is 14.2. The van der Waals surface area contributed by atoms with Crippen LogP contribution in [0.1, 0.15) is 27.2 Å². The summed E-state index contributed by atoms with van der Waals surface area (Å²) in [5.41, 5.74) is 2.57. The van der Waals surface area contributed by atoms with Gasteiger partial charge in [-0.15, -0.1) is 6.58 Å². The summed E-state index contributed by atoms with van der Waals surface area (Å²) in [7, 11) is 0. The zero-order chi connectivity index (χ0) is 11.7. The van der Waals surface area contributed by atoms with Crippen molar-refractivity contribution in [1.82, 2.24) is 0 Å². The first-order chi connectivity index (χ1) is 7.11. The summed E-state index contributed by atoms with van der Waals surface area (Å²) in [5.74, 6) is 0. The highest BCUT2D eigenvalue weighted by Gasteiger charge is 1.95. The van der Waals surface area contributed by atoms with Gasteiger partial charge in [-0.2, -0.15) is 0 Å². The van der Waals surface area contributed by atoms with Crippen LogP contribution in [0.2, 0.25) is 0 Å². The Labute approximate surface area is 102 Å². The lowest BCUT2D eigenvalue weighted by molar-refractivity contribution is 1.21. The molecule has 0 aliphatic rings. The Bertz CT molecular complexity index is 310. The lowest BCUT2D eigenvalue weighted by atomic mass is 10.0. The third kappa shape index (κ3) is 7.15. The largest absolute Gasteiger partial charge is 0.103 e. The van der Waals surface area contributed by atoms with Crippen molar-refractivity contribution in [3.8, 4) is 0 Å². The molecule has 15 heavy (non-hydrogen) atoms. The van der Waals surface area contributed by atoms with Crippen LogP contribution in [-0.4, -0.2) is 0 Å².